The van der Waals surface area contributed by atoms with Crippen LogP contribution in [-0.2, 0) is 0 Å². The first kappa shape index (κ1) is 16.8. The van der Waals surface area contributed by atoms with Crippen molar-refractivity contribution < 1.29 is 14.6 Å². The SMILES string of the molecule is CCCC(CCO)CNC(=O)c1ccc(Cl)c(OC)c1. The number of nitrogens with one attached hydrogen (secondary N) is 1. The van der Waals surface area contributed by atoms with Crippen molar-refractivity contribution >= 4 is 17.5 Å². The van der Waals surface area contributed by atoms with Gasteiger partial charge in [0.25, 0.3) is 5.91 Å². The summed E-state index contributed by atoms with van der Waals surface area (Å²) in [6, 6.07) is 4.94. The quantitative estimate of drug-likeness (QED) is 0.776. The van der Waals surface area contributed by atoms with Crippen molar-refractivity contribution in [3.8, 4) is 5.75 Å². The van der Waals surface area contributed by atoms with E-state index in [2.05, 4.69) is 12.2 Å². The lowest BCUT2D eigenvalue weighted by molar-refractivity contribution is 0.0942. The number of aliphatic hydroxyl groups is 1. The molecule has 1 unspecified atom stereocenters. The summed E-state index contributed by atoms with van der Waals surface area (Å²) in [5, 5.41) is 12.4. The minimum atomic E-state index is -0.154. The van der Waals surface area contributed by atoms with Gasteiger partial charge in [0.2, 0.25) is 0 Å². The Bertz CT molecular complexity index is 431. The molecule has 5 heteroatoms. The van der Waals surface area contributed by atoms with Crippen molar-refractivity contribution in [2.45, 2.75) is 26.2 Å². The molecule has 0 fully saturated rings. The van der Waals surface area contributed by atoms with Crippen LogP contribution in [0.2, 0.25) is 5.02 Å². The molecule has 4 nitrogen and oxygen atoms in total. The van der Waals surface area contributed by atoms with Gasteiger partial charge in [-0.25, -0.2) is 0 Å². The summed E-state index contributed by atoms with van der Waals surface area (Å²) in [7, 11) is 1.52. The highest BCUT2D eigenvalue weighted by atomic mass is 35.5. The molecule has 1 aromatic carbocycles. The Morgan fingerprint density at radius 2 is 2.20 bits per heavy atom. The second kappa shape index (κ2) is 8.82. The zero-order chi connectivity index (χ0) is 15.0. The summed E-state index contributed by atoms with van der Waals surface area (Å²) in [6.07, 6.45) is 2.73. The lowest BCUT2D eigenvalue weighted by Gasteiger charge is -2.16. The van der Waals surface area contributed by atoms with Crippen LogP contribution in [0.4, 0.5) is 0 Å². The van der Waals surface area contributed by atoms with Gasteiger partial charge in [-0.05, 0) is 37.0 Å². The smallest absolute Gasteiger partial charge is 0.251 e. The Labute approximate surface area is 125 Å². The molecule has 1 atom stereocenters. The van der Waals surface area contributed by atoms with Gasteiger partial charge >= 0.3 is 0 Å². The van der Waals surface area contributed by atoms with Crippen LogP contribution in [0.15, 0.2) is 18.2 Å². The first-order valence-corrected chi connectivity index (χ1v) is 7.22. The van der Waals surface area contributed by atoms with Crippen LogP contribution in [0.5, 0.6) is 5.75 Å². The summed E-state index contributed by atoms with van der Waals surface area (Å²) in [5.74, 6) is 0.641. The molecule has 0 aliphatic rings. The van der Waals surface area contributed by atoms with E-state index >= 15 is 0 Å². The molecule has 1 amide bonds. The Hall–Kier alpha value is -1.26. The molecule has 0 spiro atoms. The molecule has 1 rings (SSSR count). The first-order valence-electron chi connectivity index (χ1n) is 6.85. The van der Waals surface area contributed by atoms with E-state index in [4.69, 9.17) is 21.4 Å². The van der Waals surface area contributed by atoms with Crippen LogP contribution in [-0.4, -0.2) is 31.3 Å². The maximum atomic E-state index is 12.1. The maximum absolute atomic E-state index is 12.1. The Morgan fingerprint density at radius 3 is 2.80 bits per heavy atom. The fourth-order valence-corrected chi connectivity index (χ4v) is 2.27. The topological polar surface area (TPSA) is 58.6 Å². The summed E-state index contributed by atoms with van der Waals surface area (Å²) in [5.41, 5.74) is 0.519. The largest absolute Gasteiger partial charge is 0.495 e. The molecule has 0 saturated heterocycles. The predicted octanol–water partition coefficient (Wildman–Crippen LogP) is 2.88. The van der Waals surface area contributed by atoms with Gasteiger partial charge in [-0.2, -0.15) is 0 Å². The fourth-order valence-electron chi connectivity index (χ4n) is 2.08. The number of hydrogen-bond donors (Lipinski definition) is 2. The molecular formula is C15H22ClNO3. The lowest BCUT2D eigenvalue weighted by atomic mass is 10.00. The predicted molar refractivity (Wildman–Crippen MR) is 80.4 cm³/mol. The number of methoxy groups -OCH3 is 1. The van der Waals surface area contributed by atoms with Crippen molar-refractivity contribution in [2.24, 2.45) is 5.92 Å². The third-order valence-electron chi connectivity index (χ3n) is 3.20. The van der Waals surface area contributed by atoms with Crippen LogP contribution >= 0.6 is 11.6 Å². The second-order valence-corrected chi connectivity index (χ2v) is 5.13. The number of hydrogen-bond acceptors (Lipinski definition) is 3. The van der Waals surface area contributed by atoms with E-state index in [1.165, 1.54) is 7.11 Å². The lowest BCUT2D eigenvalue weighted by Crippen LogP contribution is -2.29. The first-order chi connectivity index (χ1) is 9.62. The summed E-state index contributed by atoms with van der Waals surface area (Å²) in [4.78, 5) is 12.1. The van der Waals surface area contributed by atoms with Crippen LogP contribution in [0.3, 0.4) is 0 Å². The summed E-state index contributed by atoms with van der Waals surface area (Å²) >= 11 is 5.93. The Kier molecular flexibility index (Phi) is 7.41. The molecular weight excluding hydrogens is 278 g/mol. The average Bonchev–Trinajstić information content (AvgIpc) is 2.45. The summed E-state index contributed by atoms with van der Waals surface area (Å²) in [6.45, 7) is 2.81. The minimum absolute atomic E-state index is 0.148. The number of carbonyl (C=O) groups excluding carboxylic acids is 1. The van der Waals surface area contributed by atoms with E-state index in [-0.39, 0.29) is 12.5 Å². The van der Waals surface area contributed by atoms with Gasteiger partial charge in [-0.1, -0.05) is 24.9 Å². The molecule has 112 valence electrons. The van der Waals surface area contributed by atoms with Gasteiger partial charge in [0.05, 0.1) is 12.1 Å². The highest BCUT2D eigenvalue weighted by molar-refractivity contribution is 6.32. The molecule has 20 heavy (non-hydrogen) atoms. The second-order valence-electron chi connectivity index (χ2n) is 4.73. The zero-order valence-corrected chi connectivity index (χ0v) is 12.7. The summed E-state index contributed by atoms with van der Waals surface area (Å²) < 4.78 is 5.09. The number of aliphatic hydroxyl groups excluding tert-OH is 1. The van der Waals surface area contributed by atoms with Crippen molar-refractivity contribution in [1.29, 1.82) is 0 Å². The molecule has 0 aromatic heterocycles. The Balaban J connectivity index is 2.61. The van der Waals surface area contributed by atoms with E-state index < -0.39 is 0 Å². The third kappa shape index (κ3) is 5.02. The molecule has 0 saturated carbocycles. The third-order valence-corrected chi connectivity index (χ3v) is 3.51. The molecule has 2 N–H and O–H groups in total. The van der Waals surface area contributed by atoms with Crippen molar-refractivity contribution in [1.82, 2.24) is 5.32 Å². The van der Waals surface area contributed by atoms with Gasteiger partial charge in [0.1, 0.15) is 5.75 Å². The number of rotatable bonds is 8. The highest BCUT2D eigenvalue weighted by Gasteiger charge is 2.12. The molecule has 0 aliphatic heterocycles. The van der Waals surface area contributed by atoms with Gasteiger partial charge < -0.3 is 15.2 Å². The molecule has 0 heterocycles. The van der Waals surface area contributed by atoms with E-state index in [0.29, 0.717) is 35.2 Å². The molecule has 0 bridgehead atoms. The highest BCUT2D eigenvalue weighted by Crippen LogP contribution is 2.25. The van der Waals surface area contributed by atoms with Gasteiger partial charge in [0.15, 0.2) is 0 Å². The van der Waals surface area contributed by atoms with E-state index in [1.807, 2.05) is 0 Å². The molecule has 0 radical (unpaired) electrons. The Morgan fingerprint density at radius 1 is 1.45 bits per heavy atom. The van der Waals surface area contributed by atoms with Gasteiger partial charge in [0, 0.05) is 18.7 Å². The van der Waals surface area contributed by atoms with Crippen LogP contribution < -0.4 is 10.1 Å². The monoisotopic (exact) mass is 299 g/mol. The number of carbonyl (C=O) groups is 1. The van der Waals surface area contributed by atoms with Gasteiger partial charge in [-0.15, -0.1) is 0 Å². The maximum Gasteiger partial charge on any atom is 0.251 e. The van der Waals surface area contributed by atoms with Crippen LogP contribution in [0.1, 0.15) is 36.5 Å². The van der Waals surface area contributed by atoms with Crippen molar-refractivity contribution in [3.05, 3.63) is 28.8 Å². The standard InChI is InChI=1S/C15H22ClNO3/c1-3-4-11(7-8-18)10-17-15(19)12-5-6-13(16)14(9-12)20-2/h5-6,9,11,18H,3-4,7-8,10H2,1-2H3,(H,17,19). The number of halogens is 1. The average molecular weight is 300 g/mol. The number of ether oxygens (including phenoxy) is 1. The van der Waals surface area contributed by atoms with E-state index in [9.17, 15) is 4.79 Å². The number of amides is 1. The van der Waals surface area contributed by atoms with Crippen molar-refractivity contribution in [2.75, 3.05) is 20.3 Å². The van der Waals surface area contributed by atoms with Gasteiger partial charge in [-0.3, -0.25) is 4.79 Å². The zero-order valence-electron chi connectivity index (χ0n) is 12.0. The minimum Gasteiger partial charge on any atom is -0.495 e. The van der Waals surface area contributed by atoms with E-state index in [1.54, 1.807) is 18.2 Å². The fraction of sp³-hybridized carbons (Fsp3) is 0.533. The van der Waals surface area contributed by atoms with Crippen LogP contribution in [0, 0.1) is 5.92 Å². The molecule has 1 aromatic rings. The van der Waals surface area contributed by atoms with Crippen LogP contribution in [0.25, 0.3) is 0 Å². The molecule has 0 aliphatic carbocycles. The van der Waals surface area contributed by atoms with Crippen molar-refractivity contribution in [3.63, 3.8) is 0 Å². The van der Waals surface area contributed by atoms with E-state index in [0.717, 1.165) is 12.8 Å². The normalized spacial score (nSPS) is 12.0. The number of benzene rings is 1.